The van der Waals surface area contributed by atoms with Gasteiger partial charge in [-0.05, 0) is 58.3 Å². The molecule has 0 radical (unpaired) electrons. The summed E-state index contributed by atoms with van der Waals surface area (Å²) in [6, 6.07) is 35.6. The molecule has 0 aliphatic rings. The summed E-state index contributed by atoms with van der Waals surface area (Å²) in [7, 11) is 0. The molecule has 5 aromatic carbocycles. The van der Waals surface area contributed by atoms with Gasteiger partial charge in [-0.25, -0.2) is 0 Å². The summed E-state index contributed by atoms with van der Waals surface area (Å²) < 4.78 is 49.0. The standard InChI is InChI=1S/C32H23F3N2O/c33-32(34,35)29-12-6-11-28-30(29)36-37(20-22-7-2-1-3-8-22)31(28)25-15-17-27(18-16-25)38-21-23-13-14-24-9-4-5-10-26(24)19-23/h1-19H,20-21H2. The molecule has 0 unspecified atom stereocenters. The van der Waals surface area contributed by atoms with E-state index in [-0.39, 0.29) is 5.52 Å². The lowest BCUT2D eigenvalue weighted by Gasteiger charge is -2.11. The fourth-order valence-corrected chi connectivity index (χ4v) is 4.76. The maximum absolute atomic E-state index is 13.8. The van der Waals surface area contributed by atoms with Crippen LogP contribution >= 0.6 is 0 Å². The van der Waals surface area contributed by atoms with Crippen LogP contribution in [0.25, 0.3) is 32.9 Å². The van der Waals surface area contributed by atoms with Crippen molar-refractivity contribution >= 4 is 21.7 Å². The van der Waals surface area contributed by atoms with E-state index in [0.29, 0.717) is 30.0 Å². The number of aromatic nitrogens is 2. The summed E-state index contributed by atoms with van der Waals surface area (Å²) in [4.78, 5) is 0. The van der Waals surface area contributed by atoms with Crippen molar-refractivity contribution in [2.45, 2.75) is 19.3 Å². The molecule has 6 heteroatoms. The molecule has 0 N–H and O–H groups in total. The first-order valence-electron chi connectivity index (χ1n) is 12.3. The third-order valence-electron chi connectivity index (χ3n) is 6.60. The predicted molar refractivity (Wildman–Crippen MR) is 144 cm³/mol. The number of hydrogen-bond donors (Lipinski definition) is 0. The van der Waals surface area contributed by atoms with Crippen LogP contribution in [0.3, 0.4) is 0 Å². The van der Waals surface area contributed by atoms with E-state index in [1.165, 1.54) is 11.5 Å². The highest BCUT2D eigenvalue weighted by molar-refractivity contribution is 5.95. The average molecular weight is 509 g/mol. The Balaban J connectivity index is 1.33. The summed E-state index contributed by atoms with van der Waals surface area (Å²) in [5, 5.41) is 7.23. The second-order valence-electron chi connectivity index (χ2n) is 9.19. The number of fused-ring (bicyclic) bond motifs is 2. The quantitative estimate of drug-likeness (QED) is 0.226. The molecule has 0 aliphatic carbocycles. The molecule has 38 heavy (non-hydrogen) atoms. The highest BCUT2D eigenvalue weighted by Gasteiger charge is 2.34. The lowest BCUT2D eigenvalue weighted by Crippen LogP contribution is -2.06. The molecule has 6 rings (SSSR count). The number of rotatable bonds is 6. The Hall–Kier alpha value is -4.58. The SMILES string of the molecule is FC(F)(F)c1cccc2c(-c3ccc(OCc4ccc5ccccc5c4)cc3)n(Cc3ccccc3)nc12. The third kappa shape index (κ3) is 4.73. The molecule has 0 saturated carbocycles. The zero-order valence-electron chi connectivity index (χ0n) is 20.3. The number of nitrogens with zero attached hydrogens (tertiary/aromatic N) is 2. The van der Waals surface area contributed by atoms with Crippen molar-refractivity contribution in [2.24, 2.45) is 0 Å². The van der Waals surface area contributed by atoms with E-state index in [4.69, 9.17) is 4.74 Å². The first-order valence-corrected chi connectivity index (χ1v) is 12.3. The van der Waals surface area contributed by atoms with Gasteiger partial charge in [0.1, 0.15) is 17.9 Å². The van der Waals surface area contributed by atoms with Gasteiger partial charge in [0.15, 0.2) is 0 Å². The molecule has 0 fully saturated rings. The van der Waals surface area contributed by atoms with E-state index in [1.54, 1.807) is 10.7 Å². The van der Waals surface area contributed by atoms with E-state index in [1.807, 2.05) is 72.8 Å². The van der Waals surface area contributed by atoms with Crippen LogP contribution in [-0.4, -0.2) is 9.78 Å². The van der Waals surface area contributed by atoms with E-state index < -0.39 is 11.7 Å². The van der Waals surface area contributed by atoms with Crippen LogP contribution in [-0.2, 0) is 19.3 Å². The van der Waals surface area contributed by atoms with Crippen LogP contribution in [0.1, 0.15) is 16.7 Å². The van der Waals surface area contributed by atoms with Gasteiger partial charge in [-0.15, -0.1) is 0 Å². The van der Waals surface area contributed by atoms with Gasteiger partial charge in [0.2, 0.25) is 0 Å². The Bertz CT molecular complexity index is 1720. The number of benzene rings is 5. The Morgan fingerprint density at radius 3 is 2.18 bits per heavy atom. The summed E-state index contributed by atoms with van der Waals surface area (Å²) in [6.45, 7) is 0.760. The monoisotopic (exact) mass is 508 g/mol. The minimum atomic E-state index is -4.50. The predicted octanol–water partition coefficient (Wildman–Crippen LogP) is 8.50. The van der Waals surface area contributed by atoms with E-state index in [2.05, 4.69) is 29.4 Å². The second-order valence-corrected chi connectivity index (χ2v) is 9.19. The van der Waals surface area contributed by atoms with Gasteiger partial charge < -0.3 is 4.74 Å². The van der Waals surface area contributed by atoms with E-state index in [0.717, 1.165) is 28.1 Å². The Labute approximate surface area is 217 Å². The van der Waals surface area contributed by atoms with Crippen LogP contribution < -0.4 is 4.74 Å². The molecule has 1 aromatic heterocycles. The highest BCUT2D eigenvalue weighted by Crippen LogP contribution is 2.38. The van der Waals surface area contributed by atoms with E-state index >= 15 is 0 Å². The molecule has 0 atom stereocenters. The summed E-state index contributed by atoms with van der Waals surface area (Å²) in [5.41, 5.74) is 2.61. The van der Waals surface area contributed by atoms with Gasteiger partial charge in [-0.3, -0.25) is 4.68 Å². The second kappa shape index (κ2) is 9.71. The van der Waals surface area contributed by atoms with Gasteiger partial charge >= 0.3 is 6.18 Å². The lowest BCUT2D eigenvalue weighted by atomic mass is 10.0. The summed E-state index contributed by atoms with van der Waals surface area (Å²) in [5.74, 6) is 0.677. The average Bonchev–Trinajstić information content (AvgIpc) is 3.30. The molecule has 1 heterocycles. The van der Waals surface area contributed by atoms with Crippen molar-refractivity contribution < 1.29 is 17.9 Å². The minimum absolute atomic E-state index is 0.0532. The topological polar surface area (TPSA) is 27.1 Å². The first kappa shape index (κ1) is 23.8. The largest absolute Gasteiger partial charge is 0.489 e. The molecular formula is C32H23F3N2O. The molecule has 0 spiro atoms. The number of hydrogen-bond acceptors (Lipinski definition) is 2. The van der Waals surface area contributed by atoms with Crippen LogP contribution in [0.4, 0.5) is 13.2 Å². The Morgan fingerprint density at radius 1 is 0.684 bits per heavy atom. The molecule has 0 saturated heterocycles. The van der Waals surface area contributed by atoms with E-state index in [9.17, 15) is 13.2 Å². The lowest BCUT2D eigenvalue weighted by molar-refractivity contribution is -0.136. The van der Waals surface area contributed by atoms with Crippen LogP contribution in [0, 0.1) is 0 Å². The molecule has 6 aromatic rings. The van der Waals surface area contributed by atoms with Crippen molar-refractivity contribution in [1.29, 1.82) is 0 Å². The molecule has 188 valence electrons. The van der Waals surface area contributed by atoms with Crippen LogP contribution in [0.15, 0.2) is 115 Å². The molecule has 0 aliphatic heterocycles. The Kier molecular flexibility index (Phi) is 6.08. The zero-order chi connectivity index (χ0) is 26.1. The molecular weight excluding hydrogens is 485 g/mol. The van der Waals surface area contributed by atoms with Gasteiger partial charge in [-0.2, -0.15) is 18.3 Å². The highest BCUT2D eigenvalue weighted by atomic mass is 19.4. The fraction of sp³-hybridized carbons (Fsp3) is 0.0938. The smallest absolute Gasteiger partial charge is 0.418 e. The maximum atomic E-state index is 13.8. The van der Waals surface area contributed by atoms with Crippen molar-refractivity contribution in [3.8, 4) is 17.0 Å². The van der Waals surface area contributed by atoms with Crippen molar-refractivity contribution in [1.82, 2.24) is 9.78 Å². The summed E-state index contributed by atoms with van der Waals surface area (Å²) >= 11 is 0. The molecule has 3 nitrogen and oxygen atoms in total. The number of halogens is 3. The van der Waals surface area contributed by atoms with Crippen molar-refractivity contribution in [2.75, 3.05) is 0 Å². The van der Waals surface area contributed by atoms with Gasteiger partial charge in [0, 0.05) is 10.9 Å². The van der Waals surface area contributed by atoms with Crippen LogP contribution in [0.2, 0.25) is 0 Å². The summed E-state index contributed by atoms with van der Waals surface area (Å²) in [6.07, 6.45) is -4.50. The normalized spacial score (nSPS) is 11.8. The number of alkyl halides is 3. The van der Waals surface area contributed by atoms with Gasteiger partial charge in [-0.1, -0.05) is 78.9 Å². The maximum Gasteiger partial charge on any atom is 0.418 e. The third-order valence-corrected chi connectivity index (χ3v) is 6.60. The first-order chi connectivity index (χ1) is 18.5. The molecule has 0 bridgehead atoms. The number of ether oxygens (including phenoxy) is 1. The van der Waals surface area contributed by atoms with Gasteiger partial charge in [0.05, 0.1) is 17.8 Å². The Morgan fingerprint density at radius 2 is 1.42 bits per heavy atom. The van der Waals surface area contributed by atoms with Gasteiger partial charge in [0.25, 0.3) is 0 Å². The minimum Gasteiger partial charge on any atom is -0.489 e. The van der Waals surface area contributed by atoms with Crippen molar-refractivity contribution in [3.05, 3.63) is 132 Å². The fourth-order valence-electron chi connectivity index (χ4n) is 4.76. The van der Waals surface area contributed by atoms with Crippen molar-refractivity contribution in [3.63, 3.8) is 0 Å². The zero-order valence-corrected chi connectivity index (χ0v) is 20.3. The van der Waals surface area contributed by atoms with Crippen LogP contribution in [0.5, 0.6) is 5.75 Å². The molecule has 0 amide bonds.